The van der Waals surface area contributed by atoms with Crippen molar-refractivity contribution >= 4 is 5.91 Å². The van der Waals surface area contributed by atoms with Crippen LogP contribution in [-0.2, 0) is 4.79 Å². The molecule has 1 fully saturated rings. The van der Waals surface area contributed by atoms with Crippen molar-refractivity contribution in [1.82, 2.24) is 10.2 Å². The fourth-order valence-electron chi connectivity index (χ4n) is 4.36. The molecule has 2 atom stereocenters. The van der Waals surface area contributed by atoms with Gasteiger partial charge in [-0.2, -0.15) is 5.26 Å². The molecule has 1 aliphatic rings. The van der Waals surface area contributed by atoms with Crippen LogP contribution in [0.1, 0.15) is 51.5 Å². The highest BCUT2D eigenvalue weighted by Gasteiger charge is 2.24. The molecule has 0 bridgehead atoms. The first-order chi connectivity index (χ1) is 15.9. The van der Waals surface area contributed by atoms with Crippen molar-refractivity contribution in [2.24, 2.45) is 5.92 Å². The van der Waals surface area contributed by atoms with E-state index >= 15 is 0 Å². The largest absolute Gasteiger partial charge is 0.490 e. The van der Waals surface area contributed by atoms with Gasteiger partial charge in [0.2, 0.25) is 5.91 Å². The minimum absolute atomic E-state index is 0.0165. The van der Waals surface area contributed by atoms with E-state index in [1.54, 1.807) is 6.92 Å². The molecular weight excluding hydrogens is 414 g/mol. The van der Waals surface area contributed by atoms with E-state index < -0.39 is 6.23 Å². The molecule has 0 saturated carbocycles. The zero-order chi connectivity index (χ0) is 23.8. The van der Waals surface area contributed by atoms with Gasteiger partial charge in [-0.15, -0.1) is 0 Å². The van der Waals surface area contributed by atoms with Crippen LogP contribution in [0.3, 0.4) is 0 Å². The number of carbonyl (C=O) groups is 1. The molecule has 2 aromatic carbocycles. The first-order valence-corrected chi connectivity index (χ1v) is 11.8. The molecule has 1 aliphatic heterocycles. The summed E-state index contributed by atoms with van der Waals surface area (Å²) in [6.07, 6.45) is 2.22. The summed E-state index contributed by atoms with van der Waals surface area (Å²) in [7, 11) is 0. The van der Waals surface area contributed by atoms with Crippen molar-refractivity contribution in [3.05, 3.63) is 54.1 Å². The molecule has 0 aromatic heterocycles. The second-order valence-corrected chi connectivity index (χ2v) is 9.20. The SMILES string of the molecule is CC(C)CC(C(=O)NCC#N)c1cccc(-c2cccc(OC3CCN(C(C)O)CC3)c2)c1. The summed E-state index contributed by atoms with van der Waals surface area (Å²) in [6.45, 7) is 7.67. The Morgan fingerprint density at radius 2 is 1.82 bits per heavy atom. The van der Waals surface area contributed by atoms with Crippen molar-refractivity contribution < 1.29 is 14.6 Å². The zero-order valence-electron chi connectivity index (χ0n) is 19.8. The summed E-state index contributed by atoms with van der Waals surface area (Å²) < 4.78 is 6.26. The number of benzene rings is 2. The smallest absolute Gasteiger partial charge is 0.228 e. The third kappa shape index (κ3) is 7.05. The molecule has 1 saturated heterocycles. The van der Waals surface area contributed by atoms with Crippen molar-refractivity contribution in [2.75, 3.05) is 19.6 Å². The van der Waals surface area contributed by atoms with Crippen LogP contribution in [0.4, 0.5) is 0 Å². The summed E-state index contributed by atoms with van der Waals surface area (Å²) in [6, 6.07) is 18.1. The number of piperidine rings is 1. The number of aliphatic hydroxyl groups is 1. The Bertz CT molecular complexity index is 959. The molecule has 0 aliphatic carbocycles. The van der Waals surface area contributed by atoms with Crippen LogP contribution in [0.5, 0.6) is 5.75 Å². The molecule has 0 spiro atoms. The minimum atomic E-state index is -0.414. The van der Waals surface area contributed by atoms with Gasteiger partial charge in [0.25, 0.3) is 0 Å². The Morgan fingerprint density at radius 3 is 2.45 bits per heavy atom. The summed E-state index contributed by atoms with van der Waals surface area (Å²) in [5.74, 6) is 0.780. The van der Waals surface area contributed by atoms with Crippen molar-refractivity contribution in [1.29, 1.82) is 5.26 Å². The highest BCUT2D eigenvalue weighted by atomic mass is 16.5. The molecule has 0 radical (unpaired) electrons. The number of likely N-dealkylation sites (tertiary alicyclic amines) is 1. The van der Waals surface area contributed by atoms with Crippen LogP contribution in [-0.4, -0.2) is 47.9 Å². The van der Waals surface area contributed by atoms with Gasteiger partial charge in [-0.25, -0.2) is 0 Å². The van der Waals surface area contributed by atoms with Gasteiger partial charge in [0.05, 0.1) is 12.0 Å². The predicted molar refractivity (Wildman–Crippen MR) is 130 cm³/mol. The molecule has 176 valence electrons. The maximum Gasteiger partial charge on any atom is 0.228 e. The van der Waals surface area contributed by atoms with Crippen LogP contribution < -0.4 is 10.1 Å². The van der Waals surface area contributed by atoms with Crippen LogP contribution in [0.25, 0.3) is 11.1 Å². The lowest BCUT2D eigenvalue weighted by molar-refractivity contribution is -0.122. The Balaban J connectivity index is 1.75. The van der Waals surface area contributed by atoms with E-state index in [0.717, 1.165) is 54.8 Å². The Labute approximate surface area is 197 Å². The fraction of sp³-hybridized carbons (Fsp3) is 0.481. The minimum Gasteiger partial charge on any atom is -0.490 e. The van der Waals surface area contributed by atoms with Crippen molar-refractivity contribution in [2.45, 2.75) is 58.3 Å². The summed E-state index contributed by atoms with van der Waals surface area (Å²) in [5, 5.41) is 21.3. The van der Waals surface area contributed by atoms with Gasteiger partial charge in [0, 0.05) is 13.1 Å². The molecule has 2 N–H and O–H groups in total. The van der Waals surface area contributed by atoms with E-state index in [2.05, 4.69) is 36.2 Å². The monoisotopic (exact) mass is 449 g/mol. The number of aliphatic hydroxyl groups excluding tert-OH is 1. The number of nitrogens with one attached hydrogen (secondary N) is 1. The van der Waals surface area contributed by atoms with E-state index in [1.165, 1.54) is 0 Å². The number of nitrogens with zero attached hydrogens (tertiary/aromatic N) is 2. The number of nitriles is 1. The molecule has 1 amide bonds. The third-order valence-corrected chi connectivity index (χ3v) is 6.13. The summed E-state index contributed by atoms with van der Waals surface area (Å²) in [4.78, 5) is 14.8. The lowest BCUT2D eigenvalue weighted by atomic mass is 9.88. The average Bonchev–Trinajstić information content (AvgIpc) is 2.81. The maximum atomic E-state index is 12.7. The van der Waals surface area contributed by atoms with E-state index in [1.807, 2.05) is 42.5 Å². The Kier molecular flexibility index (Phi) is 8.87. The number of ether oxygens (including phenoxy) is 1. The second-order valence-electron chi connectivity index (χ2n) is 9.20. The number of amides is 1. The number of rotatable bonds is 9. The average molecular weight is 450 g/mol. The second kappa shape index (κ2) is 11.8. The van der Waals surface area contributed by atoms with Gasteiger partial charge in [-0.05, 0) is 60.9 Å². The van der Waals surface area contributed by atoms with Gasteiger partial charge in [0.15, 0.2) is 0 Å². The molecule has 2 unspecified atom stereocenters. The van der Waals surface area contributed by atoms with E-state index in [9.17, 15) is 9.90 Å². The van der Waals surface area contributed by atoms with Crippen LogP contribution in [0.15, 0.2) is 48.5 Å². The van der Waals surface area contributed by atoms with E-state index in [4.69, 9.17) is 10.00 Å². The predicted octanol–water partition coefficient (Wildman–Crippen LogP) is 4.30. The van der Waals surface area contributed by atoms with E-state index in [-0.39, 0.29) is 24.5 Å². The zero-order valence-corrected chi connectivity index (χ0v) is 19.8. The lowest BCUT2D eigenvalue weighted by Gasteiger charge is -2.33. The number of hydrogen-bond acceptors (Lipinski definition) is 5. The highest BCUT2D eigenvalue weighted by molar-refractivity contribution is 5.84. The van der Waals surface area contributed by atoms with Crippen molar-refractivity contribution in [3.8, 4) is 22.9 Å². The molecule has 6 nitrogen and oxygen atoms in total. The Hall–Kier alpha value is -2.88. The summed E-state index contributed by atoms with van der Waals surface area (Å²) in [5.41, 5.74) is 3.02. The molecule has 1 heterocycles. The van der Waals surface area contributed by atoms with Crippen LogP contribution in [0, 0.1) is 17.2 Å². The van der Waals surface area contributed by atoms with Gasteiger partial charge < -0.3 is 15.2 Å². The van der Waals surface area contributed by atoms with Crippen LogP contribution >= 0.6 is 0 Å². The van der Waals surface area contributed by atoms with Crippen LogP contribution in [0.2, 0.25) is 0 Å². The molecule has 6 heteroatoms. The molecule has 3 rings (SSSR count). The Morgan fingerprint density at radius 1 is 1.15 bits per heavy atom. The van der Waals surface area contributed by atoms with Gasteiger partial charge in [-0.3, -0.25) is 9.69 Å². The number of hydrogen-bond donors (Lipinski definition) is 2. The maximum absolute atomic E-state index is 12.7. The summed E-state index contributed by atoms with van der Waals surface area (Å²) >= 11 is 0. The van der Waals surface area contributed by atoms with E-state index in [0.29, 0.717) is 5.92 Å². The standard InChI is InChI=1S/C27H35N3O3/c1-19(2)16-26(27(32)29-13-12-28)23-8-4-6-21(17-23)22-7-5-9-25(18-22)33-24-10-14-30(15-11-24)20(3)31/h4-9,17-20,24,26,31H,10-11,13-16H2,1-3H3,(H,29,32). The van der Waals surface area contributed by atoms with Gasteiger partial charge in [-0.1, -0.05) is 50.2 Å². The molecule has 33 heavy (non-hydrogen) atoms. The number of carbonyl (C=O) groups excluding carboxylic acids is 1. The fourth-order valence-corrected chi connectivity index (χ4v) is 4.36. The third-order valence-electron chi connectivity index (χ3n) is 6.13. The topological polar surface area (TPSA) is 85.6 Å². The molecule has 2 aromatic rings. The normalized spacial score (nSPS) is 16.7. The van der Waals surface area contributed by atoms with Gasteiger partial charge >= 0.3 is 0 Å². The molecular formula is C27H35N3O3. The lowest BCUT2D eigenvalue weighted by Crippen LogP contribution is -2.42. The first kappa shape index (κ1) is 24.8. The first-order valence-electron chi connectivity index (χ1n) is 11.8. The van der Waals surface area contributed by atoms with Crippen molar-refractivity contribution in [3.63, 3.8) is 0 Å². The highest BCUT2D eigenvalue weighted by Crippen LogP contribution is 2.31. The quantitative estimate of drug-likeness (QED) is 0.558. The van der Waals surface area contributed by atoms with Gasteiger partial charge in [0.1, 0.15) is 24.6 Å².